The number of anilines is 1. The third-order valence-corrected chi connectivity index (χ3v) is 6.00. The van der Waals surface area contributed by atoms with E-state index in [9.17, 15) is 23.5 Å². The van der Waals surface area contributed by atoms with Crippen LogP contribution in [0.3, 0.4) is 0 Å². The molecule has 3 aromatic rings. The SMILES string of the molecule is Cc1cccc(C2C(C(=O)C(C)C)=C(O)C(=O)N2c2nc3cc(F)c(F)cc3s2)c1. The highest BCUT2D eigenvalue weighted by Crippen LogP contribution is 2.44. The van der Waals surface area contributed by atoms with Crippen LogP contribution in [-0.2, 0) is 9.59 Å². The van der Waals surface area contributed by atoms with Gasteiger partial charge in [0.15, 0.2) is 28.3 Å². The van der Waals surface area contributed by atoms with Gasteiger partial charge < -0.3 is 5.11 Å². The molecule has 1 unspecified atom stereocenters. The maximum atomic E-state index is 13.6. The molecule has 4 rings (SSSR count). The number of Topliss-reactive ketones (excluding diaryl/α,β-unsaturated/α-hetero) is 1. The summed E-state index contributed by atoms with van der Waals surface area (Å²) in [6.45, 7) is 5.25. The average molecular weight is 428 g/mol. The molecule has 30 heavy (non-hydrogen) atoms. The third kappa shape index (κ3) is 3.17. The lowest BCUT2D eigenvalue weighted by Gasteiger charge is -2.25. The van der Waals surface area contributed by atoms with E-state index in [2.05, 4.69) is 4.98 Å². The van der Waals surface area contributed by atoms with Gasteiger partial charge in [0, 0.05) is 12.0 Å². The number of benzene rings is 2. The van der Waals surface area contributed by atoms with Crippen molar-refractivity contribution in [3.63, 3.8) is 0 Å². The van der Waals surface area contributed by atoms with Crippen LogP contribution in [0, 0.1) is 24.5 Å². The Bertz CT molecular complexity index is 1190. The van der Waals surface area contributed by atoms with Crippen LogP contribution in [0.4, 0.5) is 13.9 Å². The number of aryl methyl sites for hydroxylation is 1. The van der Waals surface area contributed by atoms with Crippen molar-refractivity contribution in [2.75, 3.05) is 4.90 Å². The molecule has 0 aliphatic carbocycles. The maximum absolute atomic E-state index is 13.6. The molecule has 1 aliphatic heterocycles. The van der Waals surface area contributed by atoms with Crippen molar-refractivity contribution >= 4 is 38.4 Å². The largest absolute Gasteiger partial charge is 0.503 e. The molecular weight excluding hydrogens is 410 g/mol. The number of ketones is 1. The zero-order chi connectivity index (χ0) is 21.7. The minimum atomic E-state index is -1.04. The summed E-state index contributed by atoms with van der Waals surface area (Å²) in [5.74, 6) is -4.26. The Hall–Kier alpha value is -3.13. The molecule has 1 amide bonds. The van der Waals surface area contributed by atoms with Crippen molar-refractivity contribution in [2.45, 2.75) is 26.8 Å². The molecule has 0 saturated heterocycles. The quantitative estimate of drug-likeness (QED) is 0.634. The number of aliphatic hydroxyl groups excluding tert-OH is 1. The monoisotopic (exact) mass is 428 g/mol. The lowest BCUT2D eigenvalue weighted by Crippen LogP contribution is -2.31. The molecule has 8 heteroatoms. The lowest BCUT2D eigenvalue weighted by atomic mass is 9.91. The summed E-state index contributed by atoms with van der Waals surface area (Å²) in [6.07, 6.45) is 0. The van der Waals surface area contributed by atoms with Crippen LogP contribution in [0.2, 0.25) is 0 Å². The van der Waals surface area contributed by atoms with Crippen LogP contribution in [0.1, 0.15) is 31.0 Å². The van der Waals surface area contributed by atoms with Crippen molar-refractivity contribution in [3.05, 3.63) is 70.5 Å². The molecule has 2 aromatic carbocycles. The fourth-order valence-corrected chi connectivity index (χ4v) is 4.53. The molecule has 0 saturated carbocycles. The van der Waals surface area contributed by atoms with E-state index in [-0.39, 0.29) is 22.0 Å². The van der Waals surface area contributed by atoms with Gasteiger partial charge in [-0.15, -0.1) is 0 Å². The van der Waals surface area contributed by atoms with Gasteiger partial charge in [-0.2, -0.15) is 0 Å². The predicted molar refractivity (Wildman–Crippen MR) is 110 cm³/mol. The summed E-state index contributed by atoms with van der Waals surface area (Å²) >= 11 is 0.986. The molecule has 0 bridgehead atoms. The van der Waals surface area contributed by atoms with E-state index in [1.807, 2.05) is 19.1 Å². The smallest absolute Gasteiger partial charge is 0.296 e. The van der Waals surface area contributed by atoms with Gasteiger partial charge in [0.05, 0.1) is 21.8 Å². The first-order valence-corrected chi connectivity index (χ1v) is 10.1. The van der Waals surface area contributed by atoms with E-state index in [0.717, 1.165) is 29.0 Å². The Labute approximate surface area is 175 Å². The summed E-state index contributed by atoms with van der Waals surface area (Å²) in [4.78, 5) is 31.4. The number of carbonyl (C=O) groups excluding carboxylic acids is 2. The lowest BCUT2D eigenvalue weighted by molar-refractivity contribution is -0.119. The predicted octanol–water partition coefficient (Wildman–Crippen LogP) is 5.01. The molecule has 1 N–H and O–H groups in total. The number of halogens is 2. The number of rotatable bonds is 4. The van der Waals surface area contributed by atoms with Gasteiger partial charge in [-0.1, -0.05) is 55.0 Å². The Morgan fingerprint density at radius 3 is 2.57 bits per heavy atom. The van der Waals surface area contributed by atoms with Crippen molar-refractivity contribution in [3.8, 4) is 0 Å². The van der Waals surface area contributed by atoms with Gasteiger partial charge in [0.1, 0.15) is 0 Å². The van der Waals surface area contributed by atoms with Gasteiger partial charge in [0.25, 0.3) is 5.91 Å². The minimum Gasteiger partial charge on any atom is -0.503 e. The highest BCUT2D eigenvalue weighted by Gasteiger charge is 2.46. The van der Waals surface area contributed by atoms with Gasteiger partial charge in [-0.25, -0.2) is 13.8 Å². The molecule has 0 spiro atoms. The summed E-state index contributed by atoms with van der Waals surface area (Å²) in [5.41, 5.74) is 1.73. The van der Waals surface area contributed by atoms with Crippen molar-refractivity contribution < 1.29 is 23.5 Å². The van der Waals surface area contributed by atoms with E-state index < -0.39 is 35.3 Å². The number of aromatic nitrogens is 1. The summed E-state index contributed by atoms with van der Waals surface area (Å²) in [5, 5.41) is 10.7. The van der Waals surface area contributed by atoms with Crippen molar-refractivity contribution in [1.29, 1.82) is 0 Å². The number of carbonyl (C=O) groups is 2. The first-order chi connectivity index (χ1) is 14.2. The Balaban J connectivity index is 1.92. The second-order valence-electron chi connectivity index (χ2n) is 7.50. The second kappa shape index (κ2) is 7.28. The van der Waals surface area contributed by atoms with Gasteiger partial charge in [0.2, 0.25) is 0 Å². The molecule has 154 valence electrons. The normalized spacial score (nSPS) is 16.9. The molecule has 0 fully saturated rings. The standard InChI is InChI=1S/C22H18F2N2O3S/c1-10(2)19(27)17-18(12-6-4-5-11(3)7-12)26(21(29)20(17)28)22-25-15-8-13(23)14(24)9-16(15)30-22/h4-10,18,28H,1-3H3. The number of aliphatic hydroxyl groups is 1. The molecule has 1 aromatic heterocycles. The number of amides is 1. The number of fused-ring (bicyclic) bond motifs is 1. The molecule has 5 nitrogen and oxygen atoms in total. The second-order valence-corrected chi connectivity index (χ2v) is 8.51. The minimum absolute atomic E-state index is 0.00258. The highest BCUT2D eigenvalue weighted by molar-refractivity contribution is 7.22. The van der Waals surface area contributed by atoms with Gasteiger partial charge in [-0.05, 0) is 18.6 Å². The topological polar surface area (TPSA) is 70.5 Å². The average Bonchev–Trinajstić information content (AvgIpc) is 3.20. The van der Waals surface area contributed by atoms with Crippen LogP contribution >= 0.6 is 11.3 Å². The van der Waals surface area contributed by atoms with Crippen LogP contribution in [0.25, 0.3) is 10.2 Å². The summed E-state index contributed by atoms with van der Waals surface area (Å²) in [6, 6.07) is 8.34. The number of thiazole rings is 1. The van der Waals surface area contributed by atoms with Gasteiger partial charge in [-0.3, -0.25) is 14.5 Å². The molecule has 1 atom stereocenters. The van der Waals surface area contributed by atoms with Crippen LogP contribution in [0.15, 0.2) is 47.7 Å². The Kier molecular flexibility index (Phi) is 4.89. The van der Waals surface area contributed by atoms with Crippen LogP contribution < -0.4 is 4.90 Å². The maximum Gasteiger partial charge on any atom is 0.296 e. The molecule has 2 heterocycles. The first-order valence-electron chi connectivity index (χ1n) is 9.32. The molecular formula is C22H18F2N2O3S. The highest BCUT2D eigenvalue weighted by atomic mass is 32.1. The van der Waals surface area contributed by atoms with E-state index in [1.54, 1.807) is 26.0 Å². The molecule has 1 aliphatic rings. The molecule has 0 radical (unpaired) electrons. The van der Waals surface area contributed by atoms with Crippen molar-refractivity contribution in [2.24, 2.45) is 5.92 Å². The number of hydrogen-bond donors (Lipinski definition) is 1. The Morgan fingerprint density at radius 2 is 1.90 bits per heavy atom. The summed E-state index contributed by atoms with van der Waals surface area (Å²) < 4.78 is 27.6. The van der Waals surface area contributed by atoms with Crippen LogP contribution in [0.5, 0.6) is 0 Å². The van der Waals surface area contributed by atoms with Crippen LogP contribution in [-0.4, -0.2) is 21.8 Å². The fourth-order valence-electron chi connectivity index (χ4n) is 3.54. The van der Waals surface area contributed by atoms with E-state index in [4.69, 9.17) is 0 Å². The zero-order valence-electron chi connectivity index (χ0n) is 16.4. The summed E-state index contributed by atoms with van der Waals surface area (Å²) in [7, 11) is 0. The number of nitrogens with zero attached hydrogens (tertiary/aromatic N) is 2. The Morgan fingerprint density at radius 1 is 1.20 bits per heavy atom. The number of hydrogen-bond acceptors (Lipinski definition) is 5. The van der Waals surface area contributed by atoms with Gasteiger partial charge >= 0.3 is 0 Å². The van der Waals surface area contributed by atoms with E-state index >= 15 is 0 Å². The third-order valence-electron chi connectivity index (χ3n) is 4.98. The first kappa shape index (κ1) is 20.2. The fraction of sp³-hybridized carbons (Fsp3) is 0.227. The van der Waals surface area contributed by atoms with Crippen molar-refractivity contribution in [1.82, 2.24) is 4.98 Å². The zero-order valence-corrected chi connectivity index (χ0v) is 17.3. The van der Waals surface area contributed by atoms with E-state index in [0.29, 0.717) is 10.3 Å². The van der Waals surface area contributed by atoms with E-state index in [1.165, 1.54) is 4.90 Å².